The molecular weight excluding hydrogens is 250 g/mol. The molecule has 0 spiro atoms. The van der Waals surface area contributed by atoms with Gasteiger partial charge in [-0.2, -0.15) is 0 Å². The molecule has 1 aliphatic rings. The van der Waals surface area contributed by atoms with Gasteiger partial charge in [0, 0.05) is 37.1 Å². The molecule has 0 fully saturated rings. The van der Waals surface area contributed by atoms with Gasteiger partial charge in [0.2, 0.25) is 0 Å². The fourth-order valence-electron chi connectivity index (χ4n) is 2.95. The summed E-state index contributed by atoms with van der Waals surface area (Å²) in [5, 5.41) is 4.49. The molecule has 0 aliphatic carbocycles. The number of benzene rings is 1. The van der Waals surface area contributed by atoms with Crippen molar-refractivity contribution in [3.63, 3.8) is 0 Å². The first-order valence-corrected chi connectivity index (χ1v) is 7.04. The van der Waals surface area contributed by atoms with Crippen molar-refractivity contribution in [2.45, 2.75) is 19.5 Å². The number of rotatable bonds is 3. The number of ether oxygens (including phenoxy) is 1. The molecule has 20 heavy (non-hydrogen) atoms. The summed E-state index contributed by atoms with van der Waals surface area (Å²) in [6.07, 6.45) is 1.03. The van der Waals surface area contributed by atoms with E-state index >= 15 is 0 Å². The molecule has 4 nitrogen and oxygen atoms in total. The number of hydrogen-bond acceptors (Lipinski definition) is 4. The minimum Gasteiger partial charge on any atom is -0.497 e. The Kier molecular flexibility index (Phi) is 3.59. The number of methoxy groups -OCH3 is 1. The van der Waals surface area contributed by atoms with Crippen LogP contribution >= 0.6 is 0 Å². The Morgan fingerprint density at radius 2 is 2.25 bits per heavy atom. The second kappa shape index (κ2) is 5.38. The van der Waals surface area contributed by atoms with Crippen molar-refractivity contribution in [3.05, 3.63) is 35.0 Å². The number of likely N-dealkylation sites (N-methyl/N-ethyl adjacent to an activating group) is 1. The normalized spacial score (nSPS) is 15.3. The van der Waals surface area contributed by atoms with Gasteiger partial charge >= 0.3 is 0 Å². The Labute approximate surface area is 119 Å². The van der Waals surface area contributed by atoms with Gasteiger partial charge in [-0.1, -0.05) is 0 Å². The van der Waals surface area contributed by atoms with Crippen LogP contribution in [0, 0.1) is 0 Å². The maximum absolute atomic E-state index is 5.36. The van der Waals surface area contributed by atoms with Gasteiger partial charge in [-0.15, -0.1) is 0 Å². The van der Waals surface area contributed by atoms with E-state index in [0.717, 1.165) is 37.3 Å². The third-order valence-corrected chi connectivity index (χ3v) is 4.01. The summed E-state index contributed by atoms with van der Waals surface area (Å²) in [6, 6.07) is 6.15. The topological polar surface area (TPSA) is 37.4 Å². The van der Waals surface area contributed by atoms with Crippen molar-refractivity contribution < 1.29 is 4.74 Å². The molecular formula is C16H21N3O. The average molecular weight is 271 g/mol. The molecule has 0 amide bonds. The first kappa shape index (κ1) is 13.3. The van der Waals surface area contributed by atoms with Crippen molar-refractivity contribution >= 4 is 10.9 Å². The van der Waals surface area contributed by atoms with Gasteiger partial charge in [-0.3, -0.25) is 4.98 Å². The van der Waals surface area contributed by atoms with Crippen LogP contribution in [-0.2, 0) is 19.5 Å². The number of pyridine rings is 1. The fraction of sp³-hybridized carbons (Fsp3) is 0.438. The first-order chi connectivity index (χ1) is 9.72. The molecule has 106 valence electrons. The van der Waals surface area contributed by atoms with Gasteiger partial charge in [0.1, 0.15) is 5.75 Å². The first-order valence-electron chi connectivity index (χ1n) is 7.04. The molecule has 0 saturated heterocycles. The zero-order valence-corrected chi connectivity index (χ0v) is 12.4. The Hall–Kier alpha value is -1.65. The lowest BCUT2D eigenvalue weighted by molar-refractivity contribution is 0.309. The third kappa shape index (κ3) is 2.25. The van der Waals surface area contributed by atoms with E-state index in [1.807, 2.05) is 13.1 Å². The van der Waals surface area contributed by atoms with E-state index in [9.17, 15) is 0 Å². The summed E-state index contributed by atoms with van der Waals surface area (Å²) in [6.45, 7) is 2.93. The van der Waals surface area contributed by atoms with Crippen molar-refractivity contribution in [1.29, 1.82) is 0 Å². The van der Waals surface area contributed by atoms with Crippen molar-refractivity contribution in [2.75, 3.05) is 27.7 Å². The van der Waals surface area contributed by atoms with Crippen LogP contribution in [0.3, 0.4) is 0 Å². The summed E-state index contributed by atoms with van der Waals surface area (Å²) >= 11 is 0. The largest absolute Gasteiger partial charge is 0.497 e. The Morgan fingerprint density at radius 3 is 3.00 bits per heavy atom. The monoisotopic (exact) mass is 271 g/mol. The van der Waals surface area contributed by atoms with Crippen molar-refractivity contribution in [3.8, 4) is 5.75 Å². The summed E-state index contributed by atoms with van der Waals surface area (Å²) in [5.74, 6) is 0.890. The maximum atomic E-state index is 5.36. The molecule has 0 unspecified atom stereocenters. The summed E-state index contributed by atoms with van der Waals surface area (Å²) in [5.41, 5.74) is 5.07. The van der Waals surface area contributed by atoms with E-state index in [1.165, 1.54) is 22.2 Å². The van der Waals surface area contributed by atoms with Crippen LogP contribution in [0.1, 0.15) is 16.8 Å². The van der Waals surface area contributed by atoms with Crippen LogP contribution in [0.15, 0.2) is 18.2 Å². The molecule has 1 aromatic carbocycles. The van der Waals surface area contributed by atoms with E-state index in [2.05, 4.69) is 29.4 Å². The lowest BCUT2D eigenvalue weighted by atomic mass is 9.96. The molecule has 0 bridgehead atoms. The van der Waals surface area contributed by atoms with Crippen LogP contribution in [-0.4, -0.2) is 37.6 Å². The standard InChI is InChI=1S/C16H21N3O/c1-17-9-13-12-8-11(20-3)4-5-15(12)18-16-6-7-19(2)10-14(13)16/h4-5,8,17H,6-7,9-10H2,1-3H3. The van der Waals surface area contributed by atoms with Gasteiger partial charge in [0.05, 0.1) is 12.6 Å². The molecule has 1 aliphatic heterocycles. The van der Waals surface area contributed by atoms with Gasteiger partial charge in [-0.25, -0.2) is 0 Å². The predicted molar refractivity (Wildman–Crippen MR) is 81.1 cm³/mol. The number of nitrogens with zero attached hydrogens (tertiary/aromatic N) is 2. The van der Waals surface area contributed by atoms with Crippen LogP contribution in [0.25, 0.3) is 10.9 Å². The highest BCUT2D eigenvalue weighted by atomic mass is 16.5. The third-order valence-electron chi connectivity index (χ3n) is 4.01. The van der Waals surface area contributed by atoms with Gasteiger partial charge in [0.15, 0.2) is 0 Å². The summed E-state index contributed by atoms with van der Waals surface area (Å²) in [4.78, 5) is 7.21. The van der Waals surface area contributed by atoms with E-state index in [4.69, 9.17) is 9.72 Å². The van der Waals surface area contributed by atoms with Gasteiger partial charge < -0.3 is 15.0 Å². The zero-order chi connectivity index (χ0) is 14.1. The van der Waals surface area contributed by atoms with Crippen molar-refractivity contribution in [2.24, 2.45) is 0 Å². The Morgan fingerprint density at radius 1 is 1.40 bits per heavy atom. The second-order valence-electron chi connectivity index (χ2n) is 5.42. The highest BCUT2D eigenvalue weighted by molar-refractivity contribution is 5.85. The Bertz CT molecular complexity index is 639. The molecule has 0 radical (unpaired) electrons. The minimum atomic E-state index is 0.863. The van der Waals surface area contributed by atoms with E-state index in [1.54, 1.807) is 7.11 Å². The Balaban J connectivity index is 2.24. The van der Waals surface area contributed by atoms with Crippen molar-refractivity contribution in [1.82, 2.24) is 15.2 Å². The molecule has 2 heterocycles. The fourth-order valence-corrected chi connectivity index (χ4v) is 2.95. The van der Waals surface area contributed by atoms with E-state index < -0.39 is 0 Å². The lowest BCUT2D eigenvalue weighted by Gasteiger charge is -2.27. The molecule has 1 aromatic heterocycles. The average Bonchev–Trinajstić information content (AvgIpc) is 2.47. The van der Waals surface area contributed by atoms with Crippen LogP contribution < -0.4 is 10.1 Å². The number of aromatic nitrogens is 1. The van der Waals surface area contributed by atoms with Crippen LogP contribution in [0.4, 0.5) is 0 Å². The molecule has 4 heteroatoms. The SMILES string of the molecule is CNCc1c2c(nc3ccc(OC)cc13)CCN(C)C2. The highest BCUT2D eigenvalue weighted by Gasteiger charge is 2.20. The van der Waals surface area contributed by atoms with Gasteiger partial charge in [-0.05, 0) is 43.4 Å². The number of hydrogen-bond donors (Lipinski definition) is 1. The van der Waals surface area contributed by atoms with E-state index in [0.29, 0.717) is 0 Å². The lowest BCUT2D eigenvalue weighted by Crippen LogP contribution is -2.29. The van der Waals surface area contributed by atoms with Crippen LogP contribution in [0.2, 0.25) is 0 Å². The second-order valence-corrected chi connectivity index (χ2v) is 5.42. The van der Waals surface area contributed by atoms with Crippen LogP contribution in [0.5, 0.6) is 5.75 Å². The van der Waals surface area contributed by atoms with Gasteiger partial charge in [0.25, 0.3) is 0 Å². The number of fused-ring (bicyclic) bond motifs is 2. The molecule has 1 N–H and O–H groups in total. The molecule has 0 saturated carbocycles. The molecule has 3 rings (SSSR count). The maximum Gasteiger partial charge on any atom is 0.119 e. The van der Waals surface area contributed by atoms with E-state index in [-0.39, 0.29) is 0 Å². The predicted octanol–water partition coefficient (Wildman–Crippen LogP) is 1.95. The molecule has 2 aromatic rings. The summed E-state index contributed by atoms with van der Waals surface area (Å²) in [7, 11) is 5.87. The molecule has 0 atom stereocenters. The minimum absolute atomic E-state index is 0.863. The summed E-state index contributed by atoms with van der Waals surface area (Å²) < 4.78 is 5.36. The quantitative estimate of drug-likeness (QED) is 0.926. The highest BCUT2D eigenvalue weighted by Crippen LogP contribution is 2.30. The smallest absolute Gasteiger partial charge is 0.119 e. The number of nitrogens with one attached hydrogen (secondary N) is 1. The zero-order valence-electron chi connectivity index (χ0n) is 12.4.